The van der Waals surface area contributed by atoms with Gasteiger partial charge in [-0.25, -0.2) is 4.79 Å². The molecule has 32 heavy (non-hydrogen) atoms. The van der Waals surface area contributed by atoms with Crippen molar-refractivity contribution in [1.29, 1.82) is 0 Å². The van der Waals surface area contributed by atoms with E-state index in [-0.39, 0.29) is 6.03 Å². The third kappa shape index (κ3) is 5.33. The quantitative estimate of drug-likeness (QED) is 0.570. The number of halogens is 2. The molecule has 2 aliphatic heterocycles. The lowest BCUT2D eigenvalue weighted by atomic mass is 10.1. The molecule has 2 amide bonds. The fraction of sp³-hybridized carbons (Fsp3) is 0.565. The minimum Gasteiger partial charge on any atom is -0.368 e. The molecule has 1 saturated heterocycles. The smallest absolute Gasteiger partial charge is 0.319 e. The molecule has 0 atom stereocenters. The Kier molecular flexibility index (Phi) is 7.81. The summed E-state index contributed by atoms with van der Waals surface area (Å²) in [5.74, 6) is 0. The summed E-state index contributed by atoms with van der Waals surface area (Å²) in [5, 5.41) is 5.69. The highest BCUT2D eigenvalue weighted by Crippen LogP contribution is 2.33. The van der Waals surface area contributed by atoms with Crippen LogP contribution in [0.3, 0.4) is 0 Å². The van der Waals surface area contributed by atoms with Gasteiger partial charge in [0.2, 0.25) is 0 Å². The maximum Gasteiger partial charge on any atom is 0.319 e. The van der Waals surface area contributed by atoms with Gasteiger partial charge >= 0.3 is 6.03 Å². The molecule has 1 aromatic carbocycles. The first-order chi connectivity index (χ1) is 15.5. The monoisotopic (exact) mass is 478 g/mol. The Morgan fingerprint density at radius 1 is 1.06 bits per heavy atom. The van der Waals surface area contributed by atoms with Crippen molar-refractivity contribution in [3.8, 4) is 0 Å². The number of hydrogen-bond acceptors (Lipinski definition) is 4. The standard InChI is InChI=1S/C23H32Cl2N6O/c24-18-7-6-9-20(22(18)25)29-15-13-28(14-16-29)10-3-1-4-11-30(23(26)32)21-17-27-31-12-5-2-8-19(21)31/h6-7,9,17H,1-5,8,10-16H2,(H2,26,32). The molecule has 2 N–H and O–H groups in total. The summed E-state index contributed by atoms with van der Waals surface area (Å²) in [5.41, 5.74) is 8.76. The fourth-order valence-electron chi connectivity index (χ4n) is 4.71. The molecule has 2 aromatic rings. The number of urea groups is 1. The average Bonchev–Trinajstić information content (AvgIpc) is 3.22. The van der Waals surface area contributed by atoms with Crippen LogP contribution in [-0.2, 0) is 13.0 Å². The van der Waals surface area contributed by atoms with Crippen molar-refractivity contribution in [1.82, 2.24) is 14.7 Å². The molecule has 0 bridgehead atoms. The van der Waals surface area contributed by atoms with E-state index in [2.05, 4.69) is 14.9 Å². The fourth-order valence-corrected chi connectivity index (χ4v) is 5.13. The van der Waals surface area contributed by atoms with Crippen LogP contribution in [0.5, 0.6) is 0 Å². The zero-order chi connectivity index (χ0) is 22.5. The van der Waals surface area contributed by atoms with Crippen LogP contribution in [0.25, 0.3) is 0 Å². The highest BCUT2D eigenvalue weighted by Gasteiger charge is 2.22. The summed E-state index contributed by atoms with van der Waals surface area (Å²) < 4.78 is 2.02. The average molecular weight is 479 g/mol. The molecule has 0 aliphatic carbocycles. The Hall–Kier alpha value is -1.96. The first-order valence-corrected chi connectivity index (χ1v) is 12.3. The van der Waals surface area contributed by atoms with Gasteiger partial charge in [-0.05, 0) is 50.8 Å². The zero-order valence-electron chi connectivity index (χ0n) is 18.5. The number of anilines is 2. The molecule has 0 saturated carbocycles. The van der Waals surface area contributed by atoms with Crippen LogP contribution >= 0.6 is 23.2 Å². The van der Waals surface area contributed by atoms with Crippen LogP contribution in [0.15, 0.2) is 24.4 Å². The van der Waals surface area contributed by atoms with Gasteiger partial charge < -0.3 is 10.6 Å². The molecule has 0 radical (unpaired) electrons. The zero-order valence-corrected chi connectivity index (χ0v) is 20.0. The van der Waals surface area contributed by atoms with E-state index in [0.717, 1.165) is 94.9 Å². The molecule has 3 heterocycles. The minimum absolute atomic E-state index is 0.387. The van der Waals surface area contributed by atoms with E-state index >= 15 is 0 Å². The number of hydrogen-bond donors (Lipinski definition) is 1. The summed E-state index contributed by atoms with van der Waals surface area (Å²) in [6, 6.07) is 5.42. The molecule has 0 unspecified atom stereocenters. The van der Waals surface area contributed by atoms with Gasteiger partial charge in [-0.15, -0.1) is 0 Å². The van der Waals surface area contributed by atoms with Crippen molar-refractivity contribution in [2.24, 2.45) is 5.73 Å². The van der Waals surface area contributed by atoms with Gasteiger partial charge in [0.15, 0.2) is 0 Å². The van der Waals surface area contributed by atoms with E-state index in [1.165, 1.54) is 0 Å². The number of carbonyl (C=O) groups is 1. The van der Waals surface area contributed by atoms with Crippen molar-refractivity contribution >= 4 is 40.6 Å². The number of rotatable bonds is 8. The van der Waals surface area contributed by atoms with Gasteiger partial charge in [-0.3, -0.25) is 14.5 Å². The maximum atomic E-state index is 12.1. The second kappa shape index (κ2) is 10.8. The third-order valence-corrected chi connectivity index (χ3v) is 7.33. The number of nitrogens with zero attached hydrogens (tertiary/aromatic N) is 5. The molecule has 7 nitrogen and oxygen atoms in total. The van der Waals surface area contributed by atoms with Crippen LogP contribution < -0.4 is 15.5 Å². The van der Waals surface area contributed by atoms with Gasteiger partial charge in [0.05, 0.1) is 33.3 Å². The number of aromatic nitrogens is 2. The molecule has 0 spiro atoms. The minimum atomic E-state index is -0.387. The van der Waals surface area contributed by atoms with Crippen LogP contribution in [0.4, 0.5) is 16.2 Å². The molecule has 2 aliphatic rings. The second-order valence-corrected chi connectivity index (χ2v) is 9.39. The van der Waals surface area contributed by atoms with E-state index in [0.29, 0.717) is 16.6 Å². The SMILES string of the molecule is NC(=O)N(CCCCCN1CCN(c2cccc(Cl)c2Cl)CC1)c1cnn2c1CCCC2. The Balaban J connectivity index is 1.19. The molecule has 9 heteroatoms. The summed E-state index contributed by atoms with van der Waals surface area (Å²) in [6.45, 7) is 6.56. The third-order valence-electron chi connectivity index (χ3n) is 6.52. The Morgan fingerprint density at radius 3 is 2.66 bits per heavy atom. The number of piperazine rings is 1. The van der Waals surface area contributed by atoms with Crippen molar-refractivity contribution in [3.63, 3.8) is 0 Å². The molecular weight excluding hydrogens is 447 g/mol. The number of fused-ring (bicyclic) bond motifs is 1. The number of aryl methyl sites for hydroxylation is 1. The van der Waals surface area contributed by atoms with Crippen molar-refractivity contribution in [2.75, 3.05) is 49.1 Å². The van der Waals surface area contributed by atoms with Crippen molar-refractivity contribution in [2.45, 2.75) is 45.1 Å². The Bertz CT molecular complexity index is 925. The van der Waals surface area contributed by atoms with E-state index in [1.807, 2.05) is 22.9 Å². The molecule has 174 valence electrons. The lowest BCUT2D eigenvalue weighted by Gasteiger charge is -2.36. The predicted octanol–water partition coefficient (Wildman–Crippen LogP) is 4.40. The van der Waals surface area contributed by atoms with Gasteiger partial charge in [-0.1, -0.05) is 35.7 Å². The van der Waals surface area contributed by atoms with Crippen molar-refractivity contribution < 1.29 is 4.79 Å². The number of nitrogens with two attached hydrogens (primary N) is 1. The van der Waals surface area contributed by atoms with E-state index in [1.54, 1.807) is 11.1 Å². The van der Waals surface area contributed by atoms with Crippen molar-refractivity contribution in [3.05, 3.63) is 40.1 Å². The summed E-state index contributed by atoms with van der Waals surface area (Å²) in [7, 11) is 0. The van der Waals surface area contributed by atoms with Gasteiger partial charge in [-0.2, -0.15) is 5.10 Å². The van der Waals surface area contributed by atoms with E-state index in [4.69, 9.17) is 28.9 Å². The van der Waals surface area contributed by atoms with Crippen LogP contribution in [0, 0.1) is 0 Å². The van der Waals surface area contributed by atoms with Gasteiger partial charge in [0.1, 0.15) is 0 Å². The second-order valence-electron chi connectivity index (χ2n) is 8.61. The highest BCUT2D eigenvalue weighted by molar-refractivity contribution is 6.43. The van der Waals surface area contributed by atoms with Gasteiger partial charge in [0, 0.05) is 39.3 Å². The molecule has 1 fully saturated rings. The summed E-state index contributed by atoms with van der Waals surface area (Å²) in [6.07, 6.45) is 8.16. The number of primary amides is 1. The Morgan fingerprint density at radius 2 is 1.88 bits per heavy atom. The topological polar surface area (TPSA) is 70.6 Å². The lowest BCUT2D eigenvalue weighted by molar-refractivity contribution is 0.250. The normalized spacial score (nSPS) is 16.8. The molecule has 4 rings (SSSR count). The largest absolute Gasteiger partial charge is 0.368 e. The first-order valence-electron chi connectivity index (χ1n) is 11.6. The highest BCUT2D eigenvalue weighted by atomic mass is 35.5. The number of carbonyl (C=O) groups excluding carboxylic acids is 1. The first kappa shape index (κ1) is 23.2. The van der Waals surface area contributed by atoms with E-state index < -0.39 is 0 Å². The number of unbranched alkanes of at least 4 members (excludes halogenated alkanes) is 2. The Labute approximate surface area is 200 Å². The number of benzene rings is 1. The summed E-state index contributed by atoms with van der Waals surface area (Å²) >= 11 is 12.5. The van der Waals surface area contributed by atoms with Crippen LogP contribution in [0.2, 0.25) is 10.0 Å². The summed E-state index contributed by atoms with van der Waals surface area (Å²) in [4.78, 5) is 18.6. The van der Waals surface area contributed by atoms with E-state index in [9.17, 15) is 4.79 Å². The number of amides is 2. The van der Waals surface area contributed by atoms with Crippen LogP contribution in [-0.4, -0.2) is 60.0 Å². The predicted molar refractivity (Wildman–Crippen MR) is 131 cm³/mol. The lowest BCUT2D eigenvalue weighted by Crippen LogP contribution is -2.46. The molecule has 1 aromatic heterocycles. The maximum absolute atomic E-state index is 12.1. The molecular formula is C23H32Cl2N6O. The van der Waals surface area contributed by atoms with Crippen LogP contribution in [0.1, 0.15) is 37.8 Å². The van der Waals surface area contributed by atoms with Gasteiger partial charge in [0.25, 0.3) is 0 Å².